The number of aliphatic hydroxyl groups is 1. The van der Waals surface area contributed by atoms with Gasteiger partial charge in [0.05, 0.1) is 6.61 Å². The van der Waals surface area contributed by atoms with Gasteiger partial charge in [0, 0.05) is 11.1 Å². The first-order valence-corrected chi connectivity index (χ1v) is 2.56. The highest BCUT2D eigenvalue weighted by Crippen LogP contribution is 2.18. The molecule has 0 amide bonds. The normalized spacial score (nSPS) is 11.4. The summed E-state index contributed by atoms with van der Waals surface area (Å²) in [5.41, 5.74) is 5.53. The summed E-state index contributed by atoms with van der Waals surface area (Å²) in [5, 5.41) is 8.62. The van der Waals surface area contributed by atoms with Crippen LogP contribution in [0.15, 0.2) is 12.3 Å². The minimum atomic E-state index is -0.319. The molecule has 0 aromatic heterocycles. The molecule has 2 heteroatoms. The smallest absolute Gasteiger partial charge is 0.0536 e. The molecule has 48 valence electrons. The van der Waals surface area contributed by atoms with Gasteiger partial charge in [0.15, 0.2) is 0 Å². The van der Waals surface area contributed by atoms with E-state index in [0.29, 0.717) is 5.70 Å². The van der Waals surface area contributed by atoms with E-state index in [0.717, 1.165) is 0 Å². The average Bonchev–Trinajstić information content (AvgIpc) is 1.67. The van der Waals surface area contributed by atoms with Gasteiger partial charge in [-0.2, -0.15) is 0 Å². The maximum Gasteiger partial charge on any atom is 0.0536 e. The topological polar surface area (TPSA) is 46.2 Å². The van der Waals surface area contributed by atoms with Gasteiger partial charge in [-0.05, 0) is 0 Å². The SMILES string of the molecule is C=C(N)C(C)(C)CO. The van der Waals surface area contributed by atoms with Crippen molar-refractivity contribution in [2.45, 2.75) is 13.8 Å². The van der Waals surface area contributed by atoms with Gasteiger partial charge in [0.1, 0.15) is 0 Å². The van der Waals surface area contributed by atoms with Crippen LogP contribution in [-0.4, -0.2) is 11.7 Å². The van der Waals surface area contributed by atoms with Crippen LogP contribution < -0.4 is 5.73 Å². The van der Waals surface area contributed by atoms with Gasteiger partial charge in [0.2, 0.25) is 0 Å². The fourth-order valence-electron chi connectivity index (χ4n) is 0.102. The summed E-state index contributed by atoms with van der Waals surface area (Å²) in [4.78, 5) is 0. The van der Waals surface area contributed by atoms with Gasteiger partial charge in [-0.15, -0.1) is 0 Å². The standard InChI is InChI=1S/C6H13NO/c1-5(7)6(2,3)4-8/h8H,1,4,7H2,2-3H3. The Hall–Kier alpha value is -0.500. The highest BCUT2D eigenvalue weighted by Gasteiger charge is 2.16. The third-order valence-electron chi connectivity index (χ3n) is 1.26. The largest absolute Gasteiger partial charge is 0.402 e. The van der Waals surface area contributed by atoms with Crippen LogP contribution in [0.25, 0.3) is 0 Å². The molecule has 0 fully saturated rings. The monoisotopic (exact) mass is 115 g/mol. The third-order valence-corrected chi connectivity index (χ3v) is 1.26. The van der Waals surface area contributed by atoms with Crippen molar-refractivity contribution in [2.75, 3.05) is 6.61 Å². The van der Waals surface area contributed by atoms with Gasteiger partial charge < -0.3 is 10.8 Å². The summed E-state index contributed by atoms with van der Waals surface area (Å²) in [6.07, 6.45) is 0. The Morgan fingerprint density at radius 2 is 2.12 bits per heavy atom. The van der Waals surface area contributed by atoms with E-state index in [1.54, 1.807) is 0 Å². The van der Waals surface area contributed by atoms with Crippen LogP contribution in [-0.2, 0) is 0 Å². The van der Waals surface area contributed by atoms with Crippen LogP contribution in [0.4, 0.5) is 0 Å². The molecule has 0 aliphatic carbocycles. The van der Waals surface area contributed by atoms with E-state index >= 15 is 0 Å². The lowest BCUT2D eigenvalue weighted by molar-refractivity contribution is 0.189. The third kappa shape index (κ3) is 1.54. The summed E-state index contributed by atoms with van der Waals surface area (Å²) in [5.74, 6) is 0. The van der Waals surface area contributed by atoms with Crippen LogP contribution in [0.2, 0.25) is 0 Å². The molecule has 0 aromatic rings. The number of aliphatic hydroxyl groups excluding tert-OH is 1. The molecule has 0 unspecified atom stereocenters. The van der Waals surface area contributed by atoms with E-state index in [1.165, 1.54) is 0 Å². The predicted molar refractivity (Wildman–Crippen MR) is 34.2 cm³/mol. The Morgan fingerprint density at radius 3 is 2.12 bits per heavy atom. The van der Waals surface area contributed by atoms with E-state index < -0.39 is 0 Å². The lowest BCUT2D eigenvalue weighted by Crippen LogP contribution is -2.23. The van der Waals surface area contributed by atoms with Crippen molar-refractivity contribution in [3.05, 3.63) is 12.3 Å². The van der Waals surface area contributed by atoms with E-state index in [4.69, 9.17) is 10.8 Å². The average molecular weight is 115 g/mol. The number of nitrogens with two attached hydrogens (primary N) is 1. The summed E-state index contributed by atoms with van der Waals surface area (Å²) in [6.45, 7) is 7.26. The molecule has 0 bridgehead atoms. The van der Waals surface area contributed by atoms with Gasteiger partial charge in [-0.25, -0.2) is 0 Å². The molecule has 0 aliphatic heterocycles. The summed E-state index contributed by atoms with van der Waals surface area (Å²) >= 11 is 0. The van der Waals surface area contributed by atoms with Crippen LogP contribution >= 0.6 is 0 Å². The van der Waals surface area contributed by atoms with Crippen molar-refractivity contribution in [3.8, 4) is 0 Å². The van der Waals surface area contributed by atoms with Gasteiger partial charge in [-0.3, -0.25) is 0 Å². The molecule has 3 N–H and O–H groups in total. The zero-order chi connectivity index (χ0) is 6.78. The Morgan fingerprint density at radius 1 is 1.75 bits per heavy atom. The summed E-state index contributed by atoms with van der Waals surface area (Å²) in [6, 6.07) is 0. The molecule has 0 radical (unpaired) electrons. The van der Waals surface area contributed by atoms with Crippen LogP contribution in [0.1, 0.15) is 13.8 Å². The van der Waals surface area contributed by atoms with E-state index in [2.05, 4.69) is 6.58 Å². The van der Waals surface area contributed by atoms with Gasteiger partial charge in [-0.1, -0.05) is 20.4 Å². The minimum absolute atomic E-state index is 0.0579. The molecule has 0 spiro atoms. The maximum atomic E-state index is 8.62. The Kier molecular flexibility index (Phi) is 2.04. The second-order valence-corrected chi connectivity index (χ2v) is 2.57. The maximum absolute atomic E-state index is 8.62. The molecule has 0 saturated heterocycles. The molecule has 0 heterocycles. The fraction of sp³-hybridized carbons (Fsp3) is 0.667. The molecule has 0 saturated carbocycles. The molecule has 0 atom stereocenters. The molecular weight excluding hydrogens is 102 g/mol. The molecule has 8 heavy (non-hydrogen) atoms. The van der Waals surface area contributed by atoms with E-state index in [9.17, 15) is 0 Å². The first-order chi connectivity index (χ1) is 3.50. The van der Waals surface area contributed by atoms with Crippen LogP contribution in [0.3, 0.4) is 0 Å². The lowest BCUT2D eigenvalue weighted by atomic mass is 9.92. The first kappa shape index (κ1) is 7.50. The van der Waals surface area contributed by atoms with Gasteiger partial charge >= 0.3 is 0 Å². The van der Waals surface area contributed by atoms with Crippen LogP contribution in [0.5, 0.6) is 0 Å². The summed E-state index contributed by atoms with van der Waals surface area (Å²) in [7, 11) is 0. The number of hydrogen-bond acceptors (Lipinski definition) is 2. The Labute approximate surface area is 50.0 Å². The Bertz CT molecular complexity index is 96.7. The van der Waals surface area contributed by atoms with Crippen molar-refractivity contribution in [2.24, 2.45) is 11.1 Å². The molecule has 0 aliphatic rings. The van der Waals surface area contributed by atoms with E-state index in [1.807, 2.05) is 13.8 Å². The molecule has 0 aromatic carbocycles. The van der Waals surface area contributed by atoms with Crippen molar-refractivity contribution in [1.82, 2.24) is 0 Å². The van der Waals surface area contributed by atoms with E-state index in [-0.39, 0.29) is 12.0 Å². The number of rotatable bonds is 2. The molecule has 2 nitrogen and oxygen atoms in total. The molecular formula is C6H13NO. The van der Waals surface area contributed by atoms with Crippen molar-refractivity contribution >= 4 is 0 Å². The van der Waals surface area contributed by atoms with Crippen molar-refractivity contribution in [1.29, 1.82) is 0 Å². The second-order valence-electron chi connectivity index (χ2n) is 2.57. The van der Waals surface area contributed by atoms with Gasteiger partial charge in [0.25, 0.3) is 0 Å². The second kappa shape index (κ2) is 2.18. The minimum Gasteiger partial charge on any atom is -0.402 e. The first-order valence-electron chi connectivity index (χ1n) is 2.56. The van der Waals surface area contributed by atoms with Crippen molar-refractivity contribution < 1.29 is 5.11 Å². The lowest BCUT2D eigenvalue weighted by Gasteiger charge is -2.20. The predicted octanol–water partition coefficient (Wildman–Crippen LogP) is 0.477. The van der Waals surface area contributed by atoms with Crippen molar-refractivity contribution in [3.63, 3.8) is 0 Å². The Balaban J connectivity index is 3.91. The zero-order valence-corrected chi connectivity index (χ0v) is 5.44. The summed E-state index contributed by atoms with van der Waals surface area (Å²) < 4.78 is 0. The number of hydrogen-bond donors (Lipinski definition) is 2. The fourth-order valence-corrected chi connectivity index (χ4v) is 0.102. The highest BCUT2D eigenvalue weighted by atomic mass is 16.3. The van der Waals surface area contributed by atoms with Crippen LogP contribution in [0, 0.1) is 5.41 Å². The highest BCUT2D eigenvalue weighted by molar-refractivity contribution is 5.00. The quantitative estimate of drug-likeness (QED) is 0.549. The zero-order valence-electron chi connectivity index (χ0n) is 5.44. The molecule has 0 rings (SSSR count).